The van der Waals surface area contributed by atoms with E-state index in [0.717, 1.165) is 23.2 Å². The van der Waals surface area contributed by atoms with Crippen molar-refractivity contribution in [2.75, 3.05) is 0 Å². The second-order valence-corrected chi connectivity index (χ2v) is 14.8. The van der Waals surface area contributed by atoms with Gasteiger partial charge in [0.25, 0.3) is 0 Å². The number of aromatic nitrogens is 16. The largest absolute Gasteiger partial charge is 0.276 e. The van der Waals surface area contributed by atoms with Crippen LogP contribution in [-0.2, 0) is 42.3 Å². The lowest BCUT2D eigenvalue weighted by atomic mass is 10.1. The van der Waals surface area contributed by atoms with Crippen molar-refractivity contribution in [2.24, 2.45) is 42.3 Å². The molecule has 0 aliphatic carbocycles. The normalized spacial score (nSPS) is 10.7. The maximum atomic E-state index is 4.23. The van der Waals surface area contributed by atoms with Gasteiger partial charge in [-0.1, -0.05) is 88.3 Å². The standard InChI is InChI=1S/2C7H12N2.4C6H11N3/c1-6(2)7-4-5-9(3)8-7;1-6(2)7-4-5-8-9(7)3;2*1-5(2)6-7-4-9(3)8-6;1-5(2)6-7-4-8-9(6)3;1-5(2)6-4-7-8-9(6)3/h2*4-6H,1-3H3;4*4-5H,1-3H3. The fraction of sp³-hybridized carbons (Fsp3) is 0.632. The van der Waals surface area contributed by atoms with Gasteiger partial charge in [0.2, 0.25) is 0 Å². The van der Waals surface area contributed by atoms with E-state index >= 15 is 0 Å². The van der Waals surface area contributed by atoms with Crippen LogP contribution >= 0.6 is 0 Å². The third-order valence-electron chi connectivity index (χ3n) is 7.65. The van der Waals surface area contributed by atoms with Crippen LogP contribution in [0.15, 0.2) is 49.7 Å². The van der Waals surface area contributed by atoms with Gasteiger partial charge in [-0.2, -0.15) is 25.5 Å². The molecule has 0 radical (unpaired) electrons. The van der Waals surface area contributed by atoms with Gasteiger partial charge in [-0.25, -0.2) is 15.0 Å². The lowest BCUT2D eigenvalue weighted by molar-refractivity contribution is 0.648. The molecule has 0 saturated heterocycles. The first kappa shape index (κ1) is 47.0. The molecule has 0 saturated carbocycles. The molecule has 6 heterocycles. The summed E-state index contributed by atoms with van der Waals surface area (Å²) in [4.78, 5) is 12.2. The highest BCUT2D eigenvalue weighted by Crippen LogP contribution is 2.12. The molecule has 0 bridgehead atoms. The van der Waals surface area contributed by atoms with Gasteiger partial charge >= 0.3 is 0 Å². The first-order valence-electron chi connectivity index (χ1n) is 18.6. The van der Waals surface area contributed by atoms with E-state index in [9.17, 15) is 0 Å². The number of rotatable bonds is 6. The molecule has 0 unspecified atom stereocenters. The Kier molecular flexibility index (Phi) is 20.5. The lowest BCUT2D eigenvalue weighted by Crippen LogP contribution is -2.00. The van der Waals surface area contributed by atoms with Crippen molar-refractivity contribution in [2.45, 2.75) is 119 Å². The third-order valence-corrected chi connectivity index (χ3v) is 7.65. The molecule has 0 atom stereocenters. The number of hydrogen-bond donors (Lipinski definition) is 0. The minimum absolute atomic E-state index is 0.436. The fourth-order valence-electron chi connectivity index (χ4n) is 4.58. The molecule has 0 N–H and O–H groups in total. The van der Waals surface area contributed by atoms with Crippen molar-refractivity contribution in [1.82, 2.24) is 78.8 Å². The molecule has 6 aromatic heterocycles. The Morgan fingerprint density at radius 3 is 1.20 bits per heavy atom. The molecule has 54 heavy (non-hydrogen) atoms. The highest BCUT2D eigenvalue weighted by atomic mass is 15.4. The Labute approximate surface area is 323 Å². The minimum atomic E-state index is 0.436. The monoisotopic (exact) mass is 749 g/mol. The molecule has 6 aromatic rings. The van der Waals surface area contributed by atoms with Crippen LogP contribution in [0, 0.1) is 0 Å². The summed E-state index contributed by atoms with van der Waals surface area (Å²) in [5, 5.41) is 28.0. The van der Waals surface area contributed by atoms with Crippen LogP contribution in [0.1, 0.15) is 153 Å². The van der Waals surface area contributed by atoms with Gasteiger partial charge in [0, 0.05) is 78.1 Å². The van der Waals surface area contributed by atoms with Crippen molar-refractivity contribution >= 4 is 0 Å². The third kappa shape index (κ3) is 17.2. The molecule has 0 aliphatic rings. The molecule has 16 nitrogen and oxygen atoms in total. The van der Waals surface area contributed by atoms with Crippen molar-refractivity contribution < 1.29 is 0 Å². The van der Waals surface area contributed by atoms with E-state index in [0.29, 0.717) is 35.5 Å². The van der Waals surface area contributed by atoms with Crippen LogP contribution in [0.2, 0.25) is 0 Å². The molecular weight excluding hydrogens is 681 g/mol. The molecule has 6 rings (SSSR count). The second kappa shape index (κ2) is 23.6. The summed E-state index contributed by atoms with van der Waals surface area (Å²) in [7, 11) is 11.5. The molecule has 16 heteroatoms. The average Bonchev–Trinajstić information content (AvgIpc) is 3.93. The second-order valence-electron chi connectivity index (χ2n) is 14.8. The molecule has 0 aromatic carbocycles. The van der Waals surface area contributed by atoms with E-state index in [1.54, 1.807) is 43.9 Å². The van der Waals surface area contributed by atoms with Crippen molar-refractivity contribution in [1.29, 1.82) is 0 Å². The van der Waals surface area contributed by atoms with Gasteiger partial charge < -0.3 is 0 Å². The van der Waals surface area contributed by atoms with Gasteiger partial charge in [0.15, 0.2) is 11.6 Å². The summed E-state index contributed by atoms with van der Waals surface area (Å²) in [6.45, 7) is 25.4. The van der Waals surface area contributed by atoms with E-state index < -0.39 is 0 Å². The topological polar surface area (TPSA) is 158 Å². The van der Waals surface area contributed by atoms with Crippen molar-refractivity contribution in [3.05, 3.63) is 84.3 Å². The summed E-state index contributed by atoms with van der Waals surface area (Å²) < 4.78 is 10.8. The van der Waals surface area contributed by atoms with Gasteiger partial charge in [-0.15, -0.1) is 5.10 Å². The molecule has 0 aliphatic heterocycles. The van der Waals surface area contributed by atoms with Crippen LogP contribution in [-0.4, -0.2) is 78.8 Å². The SMILES string of the molecule is CC(C)c1ccn(C)n1.CC(C)c1ccnn1C.CC(C)c1cnnn1C.CC(C)c1ncn(C)n1.CC(C)c1ncn(C)n1.CC(C)c1ncnn1C. The number of nitrogens with zero attached hydrogens (tertiary/aromatic N) is 16. The minimum Gasteiger partial charge on any atom is -0.276 e. The molecule has 300 valence electrons. The van der Waals surface area contributed by atoms with Crippen LogP contribution in [0.5, 0.6) is 0 Å². The quantitative estimate of drug-likeness (QED) is 0.177. The maximum Gasteiger partial charge on any atom is 0.153 e. The van der Waals surface area contributed by atoms with Crippen molar-refractivity contribution in [3.8, 4) is 0 Å². The van der Waals surface area contributed by atoms with Crippen LogP contribution in [0.3, 0.4) is 0 Å². The van der Waals surface area contributed by atoms with Crippen LogP contribution in [0.25, 0.3) is 0 Å². The van der Waals surface area contributed by atoms with E-state index in [2.05, 4.69) is 134 Å². The fourth-order valence-corrected chi connectivity index (χ4v) is 4.58. The van der Waals surface area contributed by atoms with E-state index in [1.807, 2.05) is 76.2 Å². The summed E-state index contributed by atoms with van der Waals surface area (Å²) >= 11 is 0. The summed E-state index contributed by atoms with van der Waals surface area (Å²) in [6.07, 6.45) is 10.6. The smallest absolute Gasteiger partial charge is 0.153 e. The van der Waals surface area contributed by atoms with Gasteiger partial charge in [0.1, 0.15) is 24.8 Å². The van der Waals surface area contributed by atoms with Crippen molar-refractivity contribution in [3.63, 3.8) is 0 Å². The Bertz CT molecular complexity index is 1610. The van der Waals surface area contributed by atoms with Gasteiger partial charge in [0.05, 0.1) is 17.6 Å². The van der Waals surface area contributed by atoms with Gasteiger partial charge in [-0.05, 0) is 29.9 Å². The Morgan fingerprint density at radius 2 is 1.02 bits per heavy atom. The summed E-state index contributed by atoms with van der Waals surface area (Å²) in [5.74, 6) is 5.86. The van der Waals surface area contributed by atoms with Gasteiger partial charge in [-0.3, -0.25) is 28.1 Å². The summed E-state index contributed by atoms with van der Waals surface area (Å²) in [6, 6.07) is 4.09. The first-order valence-corrected chi connectivity index (χ1v) is 18.6. The molecule has 0 fully saturated rings. The zero-order chi connectivity index (χ0) is 41.1. The zero-order valence-corrected chi connectivity index (χ0v) is 36.2. The van der Waals surface area contributed by atoms with Crippen LogP contribution < -0.4 is 0 Å². The lowest BCUT2D eigenvalue weighted by Gasteiger charge is -2.02. The first-order chi connectivity index (χ1) is 25.2. The molecular formula is C38H68N16. The highest BCUT2D eigenvalue weighted by Gasteiger charge is 2.05. The Balaban J connectivity index is 0.000000324. The van der Waals surface area contributed by atoms with E-state index in [4.69, 9.17) is 0 Å². The predicted octanol–water partition coefficient (Wildman–Crippen LogP) is 6.84. The Morgan fingerprint density at radius 1 is 0.481 bits per heavy atom. The molecule has 0 amide bonds. The van der Waals surface area contributed by atoms with E-state index in [1.165, 1.54) is 11.4 Å². The number of aryl methyl sites for hydroxylation is 6. The summed E-state index contributed by atoms with van der Waals surface area (Å²) in [5.41, 5.74) is 3.63. The highest BCUT2D eigenvalue weighted by molar-refractivity contribution is 5.04. The maximum absolute atomic E-state index is 4.23. The molecule has 0 spiro atoms. The number of hydrogen-bond acceptors (Lipinski definition) is 10. The zero-order valence-electron chi connectivity index (χ0n) is 36.2. The average molecular weight is 749 g/mol. The van der Waals surface area contributed by atoms with E-state index in [-0.39, 0.29) is 0 Å². The van der Waals surface area contributed by atoms with Crippen LogP contribution in [0.4, 0.5) is 0 Å². The predicted molar refractivity (Wildman–Crippen MR) is 215 cm³/mol. The Hall–Kier alpha value is -5.02.